The Labute approximate surface area is 139 Å². The number of methoxy groups -OCH3 is 1. The van der Waals surface area contributed by atoms with Crippen molar-refractivity contribution >= 4 is 26.0 Å². The molecule has 2 aromatic carbocycles. The van der Waals surface area contributed by atoms with E-state index in [1.807, 2.05) is 31.2 Å². The molecule has 0 fully saturated rings. The molecule has 0 aliphatic carbocycles. The van der Waals surface area contributed by atoms with Gasteiger partial charge in [-0.3, -0.25) is 0 Å². The molecule has 0 aliphatic heterocycles. The Morgan fingerprint density at radius 1 is 1.18 bits per heavy atom. The quantitative estimate of drug-likeness (QED) is 0.853. The van der Waals surface area contributed by atoms with E-state index in [4.69, 9.17) is 4.74 Å². The smallest absolute Gasteiger partial charge is 0.241 e. The van der Waals surface area contributed by atoms with Crippen LogP contribution in [0.4, 0.5) is 0 Å². The Bertz CT molecular complexity index is 775. The van der Waals surface area contributed by atoms with Gasteiger partial charge in [0, 0.05) is 16.1 Å². The molecule has 0 radical (unpaired) electrons. The number of halogens is 1. The molecule has 2 rings (SSSR count). The van der Waals surface area contributed by atoms with Crippen molar-refractivity contribution in [1.29, 1.82) is 0 Å². The molecule has 2 aromatic rings. The van der Waals surface area contributed by atoms with Crippen molar-refractivity contribution in [2.24, 2.45) is 0 Å². The topological polar surface area (TPSA) is 55.4 Å². The molecule has 4 nitrogen and oxygen atoms in total. The van der Waals surface area contributed by atoms with Gasteiger partial charge in [0.05, 0.1) is 12.0 Å². The summed E-state index contributed by atoms with van der Waals surface area (Å²) < 4.78 is 33.9. The minimum atomic E-state index is -3.60. The molecule has 22 heavy (non-hydrogen) atoms. The van der Waals surface area contributed by atoms with E-state index in [0.29, 0.717) is 5.75 Å². The average Bonchev–Trinajstić information content (AvgIpc) is 2.49. The molecule has 0 heterocycles. The van der Waals surface area contributed by atoms with Gasteiger partial charge in [0.15, 0.2) is 0 Å². The predicted molar refractivity (Wildman–Crippen MR) is 90.6 cm³/mol. The van der Waals surface area contributed by atoms with Crippen LogP contribution >= 0.6 is 15.9 Å². The van der Waals surface area contributed by atoms with Crippen molar-refractivity contribution in [2.45, 2.75) is 24.8 Å². The number of hydrogen-bond donors (Lipinski definition) is 1. The molecule has 0 aliphatic rings. The summed E-state index contributed by atoms with van der Waals surface area (Å²) in [6.45, 7) is 3.65. The Morgan fingerprint density at radius 3 is 2.50 bits per heavy atom. The fourth-order valence-corrected chi connectivity index (χ4v) is 3.73. The number of para-hydroxylation sites is 1. The second-order valence-corrected chi connectivity index (χ2v) is 7.56. The first-order chi connectivity index (χ1) is 10.3. The Kier molecular flexibility index (Phi) is 5.26. The average molecular weight is 384 g/mol. The maximum atomic E-state index is 12.5. The van der Waals surface area contributed by atoms with Crippen molar-refractivity contribution in [3.63, 3.8) is 0 Å². The molecule has 1 N–H and O–H groups in total. The number of nitrogens with one attached hydrogen (secondary N) is 1. The maximum absolute atomic E-state index is 12.5. The van der Waals surface area contributed by atoms with Crippen LogP contribution in [0.25, 0.3) is 0 Å². The lowest BCUT2D eigenvalue weighted by Crippen LogP contribution is -2.27. The summed E-state index contributed by atoms with van der Waals surface area (Å²) in [6, 6.07) is 11.9. The highest BCUT2D eigenvalue weighted by Gasteiger charge is 2.20. The van der Waals surface area contributed by atoms with Gasteiger partial charge in [-0.25, -0.2) is 13.1 Å². The van der Waals surface area contributed by atoms with Crippen LogP contribution in [0.2, 0.25) is 0 Å². The lowest BCUT2D eigenvalue weighted by Gasteiger charge is -2.17. The van der Waals surface area contributed by atoms with E-state index in [2.05, 4.69) is 20.7 Å². The van der Waals surface area contributed by atoms with Gasteiger partial charge >= 0.3 is 0 Å². The van der Waals surface area contributed by atoms with Crippen molar-refractivity contribution in [3.8, 4) is 5.75 Å². The van der Waals surface area contributed by atoms with E-state index < -0.39 is 16.1 Å². The summed E-state index contributed by atoms with van der Waals surface area (Å²) in [5.41, 5.74) is 1.66. The number of aryl methyl sites for hydroxylation is 1. The number of rotatable bonds is 5. The normalized spacial score (nSPS) is 12.9. The molecule has 118 valence electrons. The highest BCUT2D eigenvalue weighted by Crippen LogP contribution is 2.26. The third-order valence-electron chi connectivity index (χ3n) is 3.38. The molecule has 1 atom stereocenters. The van der Waals surface area contributed by atoms with Crippen LogP contribution in [0.5, 0.6) is 5.75 Å². The van der Waals surface area contributed by atoms with Gasteiger partial charge in [-0.1, -0.05) is 34.1 Å². The molecule has 1 unspecified atom stereocenters. The molecule has 0 saturated carbocycles. The lowest BCUT2D eigenvalue weighted by molar-refractivity contribution is 0.405. The summed E-state index contributed by atoms with van der Waals surface area (Å²) in [4.78, 5) is 0.245. The zero-order valence-corrected chi connectivity index (χ0v) is 15.0. The van der Waals surface area contributed by atoms with Crippen LogP contribution < -0.4 is 9.46 Å². The predicted octanol–water partition coefficient (Wildman–Crippen LogP) is 3.81. The van der Waals surface area contributed by atoms with Crippen LogP contribution in [0.3, 0.4) is 0 Å². The van der Waals surface area contributed by atoms with Gasteiger partial charge < -0.3 is 4.74 Å². The highest BCUT2D eigenvalue weighted by molar-refractivity contribution is 9.10. The molecule has 0 saturated heterocycles. The van der Waals surface area contributed by atoms with Gasteiger partial charge in [0.25, 0.3) is 0 Å². The van der Waals surface area contributed by atoms with E-state index in [9.17, 15) is 8.42 Å². The fraction of sp³-hybridized carbons (Fsp3) is 0.250. The largest absolute Gasteiger partial charge is 0.496 e. The van der Waals surface area contributed by atoms with E-state index >= 15 is 0 Å². The van der Waals surface area contributed by atoms with Gasteiger partial charge in [-0.05, 0) is 43.7 Å². The molecular formula is C16H18BrNO3S. The Morgan fingerprint density at radius 2 is 1.86 bits per heavy atom. The van der Waals surface area contributed by atoms with Crippen molar-refractivity contribution in [2.75, 3.05) is 7.11 Å². The van der Waals surface area contributed by atoms with E-state index in [1.54, 1.807) is 32.2 Å². The van der Waals surface area contributed by atoms with Crippen LogP contribution in [0, 0.1) is 6.92 Å². The first-order valence-corrected chi connectivity index (χ1v) is 9.04. The van der Waals surface area contributed by atoms with Gasteiger partial charge in [-0.2, -0.15) is 0 Å². The zero-order chi connectivity index (χ0) is 16.3. The number of sulfonamides is 1. The third-order valence-corrected chi connectivity index (χ3v) is 5.81. The number of hydrogen-bond acceptors (Lipinski definition) is 3. The monoisotopic (exact) mass is 383 g/mol. The highest BCUT2D eigenvalue weighted by atomic mass is 79.9. The number of benzene rings is 2. The van der Waals surface area contributed by atoms with E-state index in [1.165, 1.54) is 0 Å². The Balaban J connectivity index is 2.29. The molecule has 0 aromatic heterocycles. The van der Waals surface area contributed by atoms with Gasteiger partial charge in [-0.15, -0.1) is 0 Å². The number of ether oxygens (including phenoxy) is 1. The van der Waals surface area contributed by atoms with Gasteiger partial charge in [0.1, 0.15) is 5.75 Å². The second kappa shape index (κ2) is 6.81. The van der Waals surface area contributed by atoms with Crippen molar-refractivity contribution < 1.29 is 13.2 Å². The van der Waals surface area contributed by atoms with Crippen molar-refractivity contribution in [1.82, 2.24) is 4.72 Å². The van der Waals surface area contributed by atoms with Crippen LogP contribution in [0.1, 0.15) is 24.1 Å². The lowest BCUT2D eigenvalue weighted by atomic mass is 10.1. The first kappa shape index (κ1) is 17.0. The molecule has 0 spiro atoms. The first-order valence-electron chi connectivity index (χ1n) is 6.76. The SMILES string of the molecule is COc1ccccc1C(C)NS(=O)(=O)c1ccc(Br)c(C)c1. The molecular weight excluding hydrogens is 366 g/mol. The van der Waals surface area contributed by atoms with E-state index in [-0.39, 0.29) is 4.90 Å². The molecule has 0 amide bonds. The Hall–Kier alpha value is -1.37. The summed E-state index contributed by atoms with van der Waals surface area (Å²) in [5.74, 6) is 0.657. The fourth-order valence-electron chi connectivity index (χ4n) is 2.17. The minimum Gasteiger partial charge on any atom is -0.496 e. The zero-order valence-electron chi connectivity index (χ0n) is 12.6. The summed E-state index contributed by atoms with van der Waals surface area (Å²) >= 11 is 3.37. The van der Waals surface area contributed by atoms with Crippen LogP contribution in [-0.4, -0.2) is 15.5 Å². The summed E-state index contributed by atoms with van der Waals surface area (Å²) in [6.07, 6.45) is 0. The summed E-state index contributed by atoms with van der Waals surface area (Å²) in [5, 5.41) is 0. The second-order valence-electron chi connectivity index (χ2n) is 5.00. The minimum absolute atomic E-state index is 0.245. The van der Waals surface area contributed by atoms with Crippen LogP contribution in [0.15, 0.2) is 51.8 Å². The maximum Gasteiger partial charge on any atom is 0.241 e. The van der Waals surface area contributed by atoms with Gasteiger partial charge in [0.2, 0.25) is 10.0 Å². The third kappa shape index (κ3) is 3.69. The molecule has 6 heteroatoms. The summed E-state index contributed by atoms with van der Waals surface area (Å²) in [7, 11) is -2.03. The molecule has 0 bridgehead atoms. The van der Waals surface area contributed by atoms with E-state index in [0.717, 1.165) is 15.6 Å². The van der Waals surface area contributed by atoms with Crippen LogP contribution in [-0.2, 0) is 10.0 Å². The van der Waals surface area contributed by atoms with Crippen molar-refractivity contribution in [3.05, 3.63) is 58.1 Å². The standard InChI is InChI=1S/C16H18BrNO3S/c1-11-10-13(8-9-15(11)17)22(19,20)18-12(2)14-6-4-5-7-16(14)21-3/h4-10,12,18H,1-3H3.